The first-order valence-corrected chi connectivity index (χ1v) is 4.92. The monoisotopic (exact) mass is 198 g/mol. The van der Waals surface area contributed by atoms with Crippen molar-refractivity contribution >= 4 is 0 Å². The van der Waals surface area contributed by atoms with Crippen LogP contribution in [0.5, 0.6) is 0 Å². The number of hydrogen-bond donors (Lipinski definition) is 2. The normalized spacial score (nSPS) is 13.1. The quantitative estimate of drug-likeness (QED) is 0.617. The van der Waals surface area contributed by atoms with Crippen LogP contribution in [0.25, 0.3) is 0 Å². The van der Waals surface area contributed by atoms with Crippen LogP contribution in [0, 0.1) is 0 Å². The SMILES string of the molecule is CC(O)CCNCCc1nncn1C. The van der Waals surface area contributed by atoms with Crippen LogP contribution >= 0.6 is 0 Å². The minimum atomic E-state index is -0.225. The Morgan fingerprint density at radius 3 is 2.93 bits per heavy atom. The summed E-state index contributed by atoms with van der Waals surface area (Å²) < 4.78 is 1.91. The molecule has 14 heavy (non-hydrogen) atoms. The van der Waals surface area contributed by atoms with E-state index in [0.717, 1.165) is 31.8 Å². The number of rotatable bonds is 6. The van der Waals surface area contributed by atoms with Gasteiger partial charge in [0.05, 0.1) is 6.10 Å². The molecule has 0 aliphatic carbocycles. The second kappa shape index (κ2) is 5.72. The molecule has 0 bridgehead atoms. The number of nitrogens with zero attached hydrogens (tertiary/aromatic N) is 3. The van der Waals surface area contributed by atoms with Gasteiger partial charge in [0.2, 0.25) is 0 Å². The minimum absolute atomic E-state index is 0.225. The number of nitrogens with one attached hydrogen (secondary N) is 1. The lowest BCUT2D eigenvalue weighted by atomic mass is 10.3. The molecule has 0 aliphatic heterocycles. The van der Waals surface area contributed by atoms with Crippen molar-refractivity contribution in [3.8, 4) is 0 Å². The minimum Gasteiger partial charge on any atom is -0.393 e. The Bertz CT molecular complexity index is 259. The Kier molecular flexibility index (Phi) is 4.55. The summed E-state index contributed by atoms with van der Waals surface area (Å²) in [6, 6.07) is 0. The Hall–Kier alpha value is -0.940. The van der Waals surface area contributed by atoms with E-state index < -0.39 is 0 Å². The summed E-state index contributed by atoms with van der Waals surface area (Å²) in [6.07, 6.45) is 3.14. The van der Waals surface area contributed by atoms with Crippen LogP contribution in [0.1, 0.15) is 19.2 Å². The van der Waals surface area contributed by atoms with E-state index in [1.54, 1.807) is 13.3 Å². The molecule has 5 nitrogen and oxygen atoms in total. The van der Waals surface area contributed by atoms with E-state index in [0.29, 0.717) is 0 Å². The van der Waals surface area contributed by atoms with Gasteiger partial charge < -0.3 is 15.0 Å². The molecule has 1 aromatic heterocycles. The zero-order valence-electron chi connectivity index (χ0n) is 8.77. The van der Waals surface area contributed by atoms with Crippen molar-refractivity contribution in [3.05, 3.63) is 12.2 Å². The summed E-state index contributed by atoms with van der Waals surface area (Å²) in [5.41, 5.74) is 0. The highest BCUT2D eigenvalue weighted by Gasteiger charge is 1.99. The third-order valence-electron chi connectivity index (χ3n) is 2.07. The summed E-state index contributed by atoms with van der Waals surface area (Å²) in [5.74, 6) is 0.981. The zero-order valence-corrected chi connectivity index (χ0v) is 8.77. The Morgan fingerprint density at radius 1 is 1.57 bits per heavy atom. The van der Waals surface area contributed by atoms with E-state index in [1.165, 1.54) is 0 Å². The molecule has 1 atom stereocenters. The molecule has 5 heteroatoms. The fraction of sp³-hybridized carbons (Fsp3) is 0.778. The van der Waals surface area contributed by atoms with Crippen LogP contribution < -0.4 is 5.32 Å². The lowest BCUT2D eigenvalue weighted by molar-refractivity contribution is 0.184. The van der Waals surface area contributed by atoms with Crippen LogP contribution in [-0.2, 0) is 13.5 Å². The van der Waals surface area contributed by atoms with Gasteiger partial charge in [-0.1, -0.05) is 0 Å². The third kappa shape index (κ3) is 3.85. The highest BCUT2D eigenvalue weighted by molar-refractivity contribution is 4.84. The van der Waals surface area contributed by atoms with Gasteiger partial charge in [-0.05, 0) is 19.9 Å². The lowest BCUT2D eigenvalue weighted by Crippen LogP contribution is -2.22. The van der Waals surface area contributed by atoms with E-state index >= 15 is 0 Å². The Balaban J connectivity index is 2.08. The van der Waals surface area contributed by atoms with Gasteiger partial charge in [0, 0.05) is 20.0 Å². The van der Waals surface area contributed by atoms with Crippen molar-refractivity contribution in [2.24, 2.45) is 7.05 Å². The lowest BCUT2D eigenvalue weighted by Gasteiger charge is -2.05. The first-order chi connectivity index (χ1) is 6.70. The molecule has 0 fully saturated rings. The van der Waals surface area contributed by atoms with Gasteiger partial charge in [0.1, 0.15) is 12.2 Å². The third-order valence-corrected chi connectivity index (χ3v) is 2.07. The number of aromatic nitrogens is 3. The smallest absolute Gasteiger partial charge is 0.133 e. The second-order valence-electron chi connectivity index (χ2n) is 3.50. The fourth-order valence-electron chi connectivity index (χ4n) is 1.17. The highest BCUT2D eigenvalue weighted by Crippen LogP contribution is 1.91. The van der Waals surface area contributed by atoms with E-state index in [2.05, 4.69) is 15.5 Å². The molecule has 1 heterocycles. The predicted octanol–water partition coefficient (Wildman–Crippen LogP) is -0.282. The molecule has 0 aliphatic rings. The molecule has 0 saturated heterocycles. The molecular weight excluding hydrogens is 180 g/mol. The van der Waals surface area contributed by atoms with Crippen LogP contribution in [0.2, 0.25) is 0 Å². The van der Waals surface area contributed by atoms with Crippen molar-refractivity contribution in [2.75, 3.05) is 13.1 Å². The van der Waals surface area contributed by atoms with Gasteiger partial charge in [0.25, 0.3) is 0 Å². The van der Waals surface area contributed by atoms with Gasteiger partial charge >= 0.3 is 0 Å². The molecule has 0 aromatic carbocycles. The average Bonchev–Trinajstić information content (AvgIpc) is 2.51. The molecule has 80 valence electrons. The summed E-state index contributed by atoms with van der Waals surface area (Å²) >= 11 is 0. The van der Waals surface area contributed by atoms with E-state index in [-0.39, 0.29) is 6.10 Å². The van der Waals surface area contributed by atoms with Gasteiger partial charge in [-0.2, -0.15) is 0 Å². The summed E-state index contributed by atoms with van der Waals surface area (Å²) in [4.78, 5) is 0. The maximum atomic E-state index is 9.01. The standard InChI is InChI=1S/C9H18N4O/c1-8(14)3-5-10-6-4-9-12-11-7-13(9)2/h7-8,10,14H,3-6H2,1-2H3. The van der Waals surface area contributed by atoms with Gasteiger partial charge in [-0.25, -0.2) is 0 Å². The maximum absolute atomic E-state index is 9.01. The van der Waals surface area contributed by atoms with Crippen molar-refractivity contribution < 1.29 is 5.11 Å². The topological polar surface area (TPSA) is 63.0 Å². The van der Waals surface area contributed by atoms with Gasteiger partial charge in [-0.3, -0.25) is 0 Å². The van der Waals surface area contributed by atoms with E-state index in [4.69, 9.17) is 5.11 Å². The van der Waals surface area contributed by atoms with Crippen molar-refractivity contribution in [1.82, 2.24) is 20.1 Å². The number of aliphatic hydroxyl groups excluding tert-OH is 1. The molecule has 0 saturated carbocycles. The average molecular weight is 198 g/mol. The Labute approximate surface area is 84.2 Å². The predicted molar refractivity (Wildman–Crippen MR) is 53.9 cm³/mol. The van der Waals surface area contributed by atoms with E-state index in [1.807, 2.05) is 11.6 Å². The van der Waals surface area contributed by atoms with Gasteiger partial charge in [-0.15, -0.1) is 10.2 Å². The van der Waals surface area contributed by atoms with Crippen molar-refractivity contribution in [3.63, 3.8) is 0 Å². The van der Waals surface area contributed by atoms with Crippen LogP contribution in [0.15, 0.2) is 6.33 Å². The van der Waals surface area contributed by atoms with Crippen LogP contribution in [0.3, 0.4) is 0 Å². The van der Waals surface area contributed by atoms with E-state index in [9.17, 15) is 0 Å². The van der Waals surface area contributed by atoms with Crippen molar-refractivity contribution in [2.45, 2.75) is 25.9 Å². The molecule has 0 spiro atoms. The second-order valence-corrected chi connectivity index (χ2v) is 3.50. The van der Waals surface area contributed by atoms with Gasteiger partial charge in [0.15, 0.2) is 0 Å². The first-order valence-electron chi connectivity index (χ1n) is 4.92. The maximum Gasteiger partial charge on any atom is 0.133 e. The summed E-state index contributed by atoms with van der Waals surface area (Å²) in [7, 11) is 1.94. The number of aliphatic hydroxyl groups is 1. The Morgan fingerprint density at radius 2 is 2.36 bits per heavy atom. The zero-order chi connectivity index (χ0) is 10.4. The number of hydrogen-bond acceptors (Lipinski definition) is 4. The molecule has 2 N–H and O–H groups in total. The summed E-state index contributed by atoms with van der Waals surface area (Å²) in [6.45, 7) is 3.51. The molecule has 1 aromatic rings. The van der Waals surface area contributed by atoms with Crippen LogP contribution in [-0.4, -0.2) is 39.1 Å². The number of aryl methyl sites for hydroxylation is 1. The highest BCUT2D eigenvalue weighted by atomic mass is 16.3. The molecular formula is C9H18N4O. The molecule has 1 unspecified atom stereocenters. The summed E-state index contributed by atoms with van der Waals surface area (Å²) in [5, 5.41) is 20.0. The first kappa shape index (κ1) is 11.1. The molecule has 1 rings (SSSR count). The molecule has 0 radical (unpaired) electrons. The largest absolute Gasteiger partial charge is 0.393 e. The van der Waals surface area contributed by atoms with Crippen molar-refractivity contribution in [1.29, 1.82) is 0 Å². The fourth-order valence-corrected chi connectivity index (χ4v) is 1.17. The molecule has 0 amide bonds. The van der Waals surface area contributed by atoms with Crippen LogP contribution in [0.4, 0.5) is 0 Å².